The highest BCUT2D eigenvalue weighted by Gasteiger charge is 2.34. The molecule has 0 saturated carbocycles. The first-order valence-corrected chi connectivity index (χ1v) is 11.4. The summed E-state index contributed by atoms with van der Waals surface area (Å²) in [5, 5.41) is 22.8. The van der Waals surface area contributed by atoms with Crippen molar-refractivity contribution in [2.24, 2.45) is 0 Å². The zero-order valence-electron chi connectivity index (χ0n) is 17.2. The summed E-state index contributed by atoms with van der Waals surface area (Å²) in [5.41, 5.74) is 0.143. The minimum absolute atomic E-state index is 0.00177. The average molecular weight is 473 g/mol. The zero-order chi connectivity index (χ0) is 23.8. The molecule has 2 heterocycles. The van der Waals surface area contributed by atoms with Crippen molar-refractivity contribution in [3.05, 3.63) is 75.0 Å². The molecule has 0 unspecified atom stereocenters. The first-order chi connectivity index (χ1) is 15.7. The Morgan fingerprint density at radius 3 is 2.30 bits per heavy atom. The lowest BCUT2D eigenvalue weighted by Crippen LogP contribution is -2.51. The van der Waals surface area contributed by atoms with Gasteiger partial charge < -0.3 is 9.47 Å². The molecule has 1 amide bonds. The van der Waals surface area contributed by atoms with Crippen molar-refractivity contribution in [1.82, 2.24) is 13.8 Å². The molecular formula is C20H19N5O7S. The summed E-state index contributed by atoms with van der Waals surface area (Å²) in [7, 11) is -4.08. The summed E-state index contributed by atoms with van der Waals surface area (Å²) in [6, 6.07) is 11.2. The number of sulfonamides is 1. The van der Waals surface area contributed by atoms with Crippen LogP contribution in [0.5, 0.6) is 0 Å². The van der Waals surface area contributed by atoms with E-state index in [-0.39, 0.29) is 49.2 Å². The standard InChI is InChI=1S/C20H19N5O7S/c26-20(14-22-8-7-15-13-16(24(27)28)5-6-17(15)22)21-9-11-23(12-10-21)33(31,32)19-4-2-1-3-18(19)25(29)30/h1-8,13H,9-12,14H2. The molecule has 0 bridgehead atoms. The Kier molecular flexibility index (Phi) is 5.82. The Hall–Kier alpha value is -3.84. The van der Waals surface area contributed by atoms with Crippen LogP contribution in [-0.2, 0) is 21.4 Å². The second-order valence-electron chi connectivity index (χ2n) is 7.45. The van der Waals surface area contributed by atoms with Crippen LogP contribution in [0.4, 0.5) is 11.4 Å². The Labute approximate surface area is 188 Å². The SMILES string of the molecule is O=C(Cn1ccc2cc([N+](=O)[O-])ccc21)N1CCN(S(=O)(=O)c2ccccc2[N+](=O)[O-])CC1. The summed E-state index contributed by atoms with van der Waals surface area (Å²) in [4.78, 5) is 34.9. The minimum Gasteiger partial charge on any atom is -0.339 e. The van der Waals surface area contributed by atoms with Gasteiger partial charge in [-0.2, -0.15) is 4.31 Å². The van der Waals surface area contributed by atoms with Crippen LogP contribution in [0.1, 0.15) is 0 Å². The average Bonchev–Trinajstić information content (AvgIpc) is 3.21. The molecule has 0 atom stereocenters. The number of hydrogen-bond donors (Lipinski definition) is 0. The van der Waals surface area contributed by atoms with Gasteiger partial charge >= 0.3 is 0 Å². The van der Waals surface area contributed by atoms with Crippen LogP contribution in [0.25, 0.3) is 10.9 Å². The Balaban J connectivity index is 1.44. The third-order valence-corrected chi connectivity index (χ3v) is 7.49. The lowest BCUT2D eigenvalue weighted by Gasteiger charge is -2.34. The fraction of sp³-hybridized carbons (Fsp3) is 0.250. The molecule has 1 saturated heterocycles. The number of nitro benzene ring substituents is 2. The summed E-state index contributed by atoms with van der Waals surface area (Å²) in [6.07, 6.45) is 1.67. The van der Waals surface area contributed by atoms with Gasteiger partial charge in [0.15, 0.2) is 4.90 Å². The molecule has 3 aromatic rings. The third kappa shape index (κ3) is 4.27. The number of carbonyl (C=O) groups is 1. The first kappa shape index (κ1) is 22.4. The van der Waals surface area contributed by atoms with E-state index < -0.39 is 25.6 Å². The highest BCUT2D eigenvalue weighted by Crippen LogP contribution is 2.27. The van der Waals surface area contributed by atoms with Crippen LogP contribution >= 0.6 is 0 Å². The lowest BCUT2D eigenvalue weighted by atomic mass is 10.2. The molecule has 33 heavy (non-hydrogen) atoms. The monoisotopic (exact) mass is 473 g/mol. The van der Waals surface area contributed by atoms with Gasteiger partial charge in [0, 0.05) is 61.5 Å². The molecule has 2 aromatic carbocycles. The topological polar surface area (TPSA) is 149 Å². The number of aromatic nitrogens is 1. The third-order valence-electron chi connectivity index (χ3n) is 5.54. The van der Waals surface area contributed by atoms with Gasteiger partial charge in [-0.1, -0.05) is 12.1 Å². The maximum absolute atomic E-state index is 12.9. The Morgan fingerprint density at radius 1 is 0.939 bits per heavy atom. The quantitative estimate of drug-likeness (QED) is 0.392. The fourth-order valence-electron chi connectivity index (χ4n) is 3.83. The predicted octanol–water partition coefficient (Wildman–Crippen LogP) is 1.99. The van der Waals surface area contributed by atoms with Gasteiger partial charge in [-0.15, -0.1) is 0 Å². The summed E-state index contributed by atoms with van der Waals surface area (Å²) < 4.78 is 28.7. The summed E-state index contributed by atoms with van der Waals surface area (Å²) in [6.45, 7) is 0.308. The molecule has 1 aliphatic heterocycles. The van der Waals surface area contributed by atoms with Gasteiger partial charge in [0.05, 0.1) is 9.85 Å². The molecule has 0 aliphatic carbocycles. The summed E-state index contributed by atoms with van der Waals surface area (Å²) >= 11 is 0. The molecule has 13 heteroatoms. The number of para-hydroxylation sites is 1. The number of rotatable bonds is 6. The predicted molar refractivity (Wildman–Crippen MR) is 117 cm³/mol. The number of nitro groups is 2. The van der Waals surface area contributed by atoms with Crippen LogP contribution < -0.4 is 0 Å². The van der Waals surface area contributed by atoms with Crippen LogP contribution in [0.2, 0.25) is 0 Å². The van der Waals surface area contributed by atoms with Gasteiger partial charge in [-0.25, -0.2) is 8.42 Å². The van der Waals surface area contributed by atoms with Crippen LogP contribution in [0.15, 0.2) is 59.6 Å². The molecule has 1 fully saturated rings. The number of nitrogens with zero attached hydrogens (tertiary/aromatic N) is 5. The van der Waals surface area contributed by atoms with Crippen molar-refractivity contribution in [1.29, 1.82) is 0 Å². The minimum atomic E-state index is -4.08. The molecule has 12 nitrogen and oxygen atoms in total. The molecule has 0 spiro atoms. The van der Waals surface area contributed by atoms with E-state index in [9.17, 15) is 33.4 Å². The maximum Gasteiger partial charge on any atom is 0.289 e. The van der Waals surface area contributed by atoms with Crippen molar-refractivity contribution in [3.63, 3.8) is 0 Å². The second kappa shape index (κ2) is 8.60. The van der Waals surface area contributed by atoms with Crippen LogP contribution in [0, 0.1) is 20.2 Å². The number of carbonyl (C=O) groups excluding carboxylic acids is 1. The fourth-order valence-corrected chi connectivity index (χ4v) is 5.41. The number of hydrogen-bond acceptors (Lipinski definition) is 7. The molecule has 4 rings (SSSR count). The van der Waals surface area contributed by atoms with E-state index in [4.69, 9.17) is 0 Å². The van der Waals surface area contributed by atoms with E-state index in [2.05, 4.69) is 0 Å². The number of piperazine rings is 1. The van der Waals surface area contributed by atoms with Gasteiger partial charge in [-0.05, 0) is 18.2 Å². The molecule has 172 valence electrons. The van der Waals surface area contributed by atoms with Crippen molar-refractivity contribution in [3.8, 4) is 0 Å². The highest BCUT2D eigenvalue weighted by molar-refractivity contribution is 7.89. The van der Waals surface area contributed by atoms with Crippen molar-refractivity contribution >= 4 is 38.2 Å². The lowest BCUT2D eigenvalue weighted by molar-refractivity contribution is -0.387. The van der Waals surface area contributed by atoms with Crippen LogP contribution in [-0.4, -0.2) is 64.1 Å². The molecular weight excluding hydrogens is 454 g/mol. The van der Waals surface area contributed by atoms with E-state index in [1.54, 1.807) is 22.9 Å². The Bertz CT molecular complexity index is 1360. The smallest absolute Gasteiger partial charge is 0.289 e. The van der Waals surface area contributed by atoms with Crippen molar-refractivity contribution in [2.45, 2.75) is 11.4 Å². The van der Waals surface area contributed by atoms with E-state index in [1.807, 2.05) is 0 Å². The van der Waals surface area contributed by atoms with Crippen LogP contribution in [0.3, 0.4) is 0 Å². The maximum atomic E-state index is 12.9. The van der Waals surface area contributed by atoms with E-state index in [1.165, 1.54) is 35.2 Å². The van der Waals surface area contributed by atoms with Gasteiger partial charge in [0.2, 0.25) is 15.9 Å². The number of benzene rings is 2. The summed E-state index contributed by atoms with van der Waals surface area (Å²) in [5.74, 6) is -0.228. The molecule has 1 aliphatic rings. The van der Waals surface area contributed by atoms with Gasteiger partial charge in [0.1, 0.15) is 6.54 Å². The normalized spacial score (nSPS) is 15.0. The van der Waals surface area contributed by atoms with E-state index >= 15 is 0 Å². The second-order valence-corrected chi connectivity index (χ2v) is 9.36. The van der Waals surface area contributed by atoms with Crippen molar-refractivity contribution in [2.75, 3.05) is 26.2 Å². The molecule has 0 N–H and O–H groups in total. The number of amides is 1. The largest absolute Gasteiger partial charge is 0.339 e. The van der Waals surface area contributed by atoms with Gasteiger partial charge in [0.25, 0.3) is 11.4 Å². The van der Waals surface area contributed by atoms with Crippen molar-refractivity contribution < 1.29 is 23.1 Å². The van der Waals surface area contributed by atoms with E-state index in [0.717, 1.165) is 10.4 Å². The molecule has 1 aromatic heterocycles. The number of non-ortho nitro benzene ring substituents is 1. The van der Waals surface area contributed by atoms with Gasteiger partial charge in [-0.3, -0.25) is 25.0 Å². The zero-order valence-corrected chi connectivity index (χ0v) is 18.1. The number of fused-ring (bicyclic) bond motifs is 1. The Morgan fingerprint density at radius 2 is 1.64 bits per heavy atom. The first-order valence-electron chi connectivity index (χ1n) is 9.93. The molecule has 0 radical (unpaired) electrons. The highest BCUT2D eigenvalue weighted by atomic mass is 32.2. The van der Waals surface area contributed by atoms with E-state index in [0.29, 0.717) is 10.9 Å².